The fourth-order valence-electron chi connectivity index (χ4n) is 4.49. The molecule has 0 bridgehead atoms. The van der Waals surface area contributed by atoms with Crippen molar-refractivity contribution in [1.82, 2.24) is 4.98 Å². The number of rotatable bonds is 10. The highest BCUT2D eigenvalue weighted by Crippen LogP contribution is 2.34. The lowest BCUT2D eigenvalue weighted by atomic mass is 9.77. The van der Waals surface area contributed by atoms with Crippen LogP contribution in [-0.4, -0.2) is 11.6 Å². The molecule has 1 aromatic heterocycles. The van der Waals surface area contributed by atoms with E-state index in [2.05, 4.69) is 49.2 Å². The summed E-state index contributed by atoms with van der Waals surface area (Å²) in [6, 6.07) is 13.1. The van der Waals surface area contributed by atoms with Gasteiger partial charge < -0.3 is 4.74 Å². The van der Waals surface area contributed by atoms with E-state index in [-0.39, 0.29) is 0 Å². The van der Waals surface area contributed by atoms with Gasteiger partial charge in [-0.25, -0.2) is 0 Å². The van der Waals surface area contributed by atoms with E-state index in [0.29, 0.717) is 0 Å². The van der Waals surface area contributed by atoms with Crippen LogP contribution in [0.3, 0.4) is 0 Å². The van der Waals surface area contributed by atoms with Gasteiger partial charge in [-0.15, -0.1) is 0 Å². The quantitative estimate of drug-likeness (QED) is 0.427. The number of nitrogens with zero attached hydrogens (tertiary/aromatic N) is 1. The van der Waals surface area contributed by atoms with E-state index >= 15 is 0 Å². The number of hydrogen-bond acceptors (Lipinski definition) is 2. The van der Waals surface area contributed by atoms with Gasteiger partial charge in [-0.1, -0.05) is 76.6 Å². The van der Waals surface area contributed by atoms with E-state index < -0.39 is 0 Å². The average Bonchev–Trinajstić information content (AvgIpc) is 2.76. The standard InChI is InChI=1S/C26H37NO/c1-3-5-7-22-8-6-9-23(19-22)11-10-21-12-14-24(15-13-21)26-17-16-25(20-27-26)28-18-4-2/h12-17,20,22-23H,3-11,18-19H2,1-2H3. The maximum Gasteiger partial charge on any atom is 0.137 e. The van der Waals surface area contributed by atoms with Gasteiger partial charge in [0.2, 0.25) is 0 Å². The molecule has 1 aliphatic carbocycles. The molecule has 152 valence electrons. The van der Waals surface area contributed by atoms with Gasteiger partial charge >= 0.3 is 0 Å². The fraction of sp³-hybridized carbons (Fsp3) is 0.577. The lowest BCUT2D eigenvalue weighted by molar-refractivity contribution is 0.241. The molecule has 1 aliphatic rings. The van der Waals surface area contributed by atoms with E-state index in [4.69, 9.17) is 4.74 Å². The molecule has 28 heavy (non-hydrogen) atoms. The molecule has 0 spiro atoms. The Kier molecular flexibility index (Phi) is 8.39. The number of hydrogen-bond donors (Lipinski definition) is 0. The molecule has 3 rings (SSSR count). The first-order valence-electron chi connectivity index (χ1n) is 11.5. The van der Waals surface area contributed by atoms with Gasteiger partial charge in [0.25, 0.3) is 0 Å². The average molecular weight is 380 g/mol. The topological polar surface area (TPSA) is 22.1 Å². The lowest BCUT2D eigenvalue weighted by Gasteiger charge is -2.29. The third kappa shape index (κ3) is 6.36. The summed E-state index contributed by atoms with van der Waals surface area (Å²) in [6.45, 7) is 5.17. The van der Waals surface area contributed by atoms with Crippen LogP contribution < -0.4 is 4.74 Å². The van der Waals surface area contributed by atoms with Gasteiger partial charge in [-0.2, -0.15) is 0 Å². The Bertz CT molecular complexity index is 677. The number of unbranched alkanes of at least 4 members (excludes halogenated alkanes) is 1. The van der Waals surface area contributed by atoms with Gasteiger partial charge in [0.05, 0.1) is 18.5 Å². The Labute approximate surface area is 171 Å². The summed E-state index contributed by atoms with van der Waals surface area (Å²) in [7, 11) is 0. The van der Waals surface area contributed by atoms with Crippen molar-refractivity contribution in [2.75, 3.05) is 6.61 Å². The number of aryl methyl sites for hydroxylation is 1. The Balaban J connectivity index is 1.49. The van der Waals surface area contributed by atoms with Gasteiger partial charge in [-0.05, 0) is 55.2 Å². The number of benzene rings is 1. The molecule has 0 saturated heterocycles. The fourth-order valence-corrected chi connectivity index (χ4v) is 4.49. The SMILES string of the molecule is CCCCC1CCCC(CCc2ccc(-c3ccc(OCCC)cn3)cc2)C1. The molecule has 2 nitrogen and oxygen atoms in total. The van der Waals surface area contributed by atoms with Crippen LogP contribution in [-0.2, 0) is 6.42 Å². The van der Waals surface area contributed by atoms with Crippen molar-refractivity contribution < 1.29 is 4.74 Å². The molecule has 1 saturated carbocycles. The van der Waals surface area contributed by atoms with Gasteiger partial charge in [0, 0.05) is 5.56 Å². The second-order valence-corrected chi connectivity index (χ2v) is 8.50. The molecule has 2 atom stereocenters. The first-order chi connectivity index (χ1) is 13.8. The second kappa shape index (κ2) is 11.2. The Hall–Kier alpha value is -1.83. The maximum absolute atomic E-state index is 5.62. The molecule has 0 amide bonds. The van der Waals surface area contributed by atoms with Crippen molar-refractivity contribution in [1.29, 1.82) is 0 Å². The molecular formula is C26H37NO. The summed E-state index contributed by atoms with van der Waals surface area (Å²) in [5, 5.41) is 0. The zero-order valence-corrected chi connectivity index (χ0v) is 17.8. The predicted molar refractivity (Wildman–Crippen MR) is 119 cm³/mol. The number of aromatic nitrogens is 1. The molecule has 1 fully saturated rings. The van der Waals surface area contributed by atoms with E-state index in [0.717, 1.165) is 36.3 Å². The van der Waals surface area contributed by atoms with E-state index in [9.17, 15) is 0 Å². The molecule has 0 N–H and O–H groups in total. The second-order valence-electron chi connectivity index (χ2n) is 8.50. The van der Waals surface area contributed by atoms with Crippen molar-refractivity contribution in [2.24, 2.45) is 11.8 Å². The van der Waals surface area contributed by atoms with E-state index in [1.165, 1.54) is 68.9 Å². The van der Waals surface area contributed by atoms with Crippen LogP contribution in [0.25, 0.3) is 11.3 Å². The molecular weight excluding hydrogens is 342 g/mol. The van der Waals surface area contributed by atoms with Crippen molar-refractivity contribution in [3.63, 3.8) is 0 Å². The van der Waals surface area contributed by atoms with Gasteiger partial charge in [0.15, 0.2) is 0 Å². The molecule has 0 radical (unpaired) electrons. The minimum absolute atomic E-state index is 0.746. The molecule has 0 aliphatic heterocycles. The summed E-state index contributed by atoms with van der Waals surface area (Å²) in [5.41, 5.74) is 3.66. The monoisotopic (exact) mass is 379 g/mol. The molecule has 2 aromatic rings. The Morgan fingerprint density at radius 2 is 1.71 bits per heavy atom. The van der Waals surface area contributed by atoms with Gasteiger partial charge in [0.1, 0.15) is 5.75 Å². The van der Waals surface area contributed by atoms with Crippen LogP contribution in [0, 0.1) is 11.8 Å². The highest BCUT2D eigenvalue weighted by atomic mass is 16.5. The highest BCUT2D eigenvalue weighted by molar-refractivity contribution is 5.59. The van der Waals surface area contributed by atoms with Crippen LogP contribution in [0.2, 0.25) is 0 Å². The summed E-state index contributed by atoms with van der Waals surface area (Å²) in [6.07, 6.45) is 15.5. The first kappa shape index (κ1) is 20.9. The van der Waals surface area contributed by atoms with Crippen LogP contribution in [0.1, 0.15) is 77.2 Å². The summed E-state index contributed by atoms with van der Waals surface area (Å²) in [4.78, 5) is 4.56. The largest absolute Gasteiger partial charge is 0.492 e. The van der Waals surface area contributed by atoms with Crippen molar-refractivity contribution in [3.8, 4) is 17.0 Å². The van der Waals surface area contributed by atoms with Crippen LogP contribution in [0.5, 0.6) is 5.75 Å². The number of pyridine rings is 1. The highest BCUT2D eigenvalue weighted by Gasteiger charge is 2.21. The van der Waals surface area contributed by atoms with E-state index in [1.807, 2.05) is 12.3 Å². The van der Waals surface area contributed by atoms with Crippen LogP contribution >= 0.6 is 0 Å². The van der Waals surface area contributed by atoms with Gasteiger partial charge in [-0.3, -0.25) is 4.98 Å². The Morgan fingerprint density at radius 1 is 0.929 bits per heavy atom. The minimum atomic E-state index is 0.746. The van der Waals surface area contributed by atoms with Crippen molar-refractivity contribution in [2.45, 2.75) is 78.1 Å². The third-order valence-electron chi connectivity index (χ3n) is 6.16. The zero-order valence-electron chi connectivity index (χ0n) is 17.8. The number of ether oxygens (including phenoxy) is 1. The molecule has 2 heteroatoms. The smallest absolute Gasteiger partial charge is 0.137 e. The third-order valence-corrected chi connectivity index (χ3v) is 6.16. The summed E-state index contributed by atoms with van der Waals surface area (Å²) < 4.78 is 5.62. The zero-order chi connectivity index (χ0) is 19.6. The molecule has 1 heterocycles. The predicted octanol–water partition coefficient (Wildman–Crippen LogP) is 7.47. The molecule has 1 aromatic carbocycles. The first-order valence-corrected chi connectivity index (χ1v) is 11.5. The lowest BCUT2D eigenvalue weighted by Crippen LogP contribution is -2.16. The van der Waals surface area contributed by atoms with Crippen molar-refractivity contribution >= 4 is 0 Å². The minimum Gasteiger partial charge on any atom is -0.492 e. The van der Waals surface area contributed by atoms with Crippen LogP contribution in [0.15, 0.2) is 42.6 Å². The normalized spacial score (nSPS) is 19.5. The Morgan fingerprint density at radius 3 is 2.39 bits per heavy atom. The maximum atomic E-state index is 5.62. The van der Waals surface area contributed by atoms with E-state index in [1.54, 1.807) is 0 Å². The van der Waals surface area contributed by atoms with Crippen molar-refractivity contribution in [3.05, 3.63) is 48.2 Å². The summed E-state index contributed by atoms with van der Waals surface area (Å²) in [5.74, 6) is 2.79. The van der Waals surface area contributed by atoms with Crippen LogP contribution in [0.4, 0.5) is 0 Å². The molecule has 2 unspecified atom stereocenters. The summed E-state index contributed by atoms with van der Waals surface area (Å²) >= 11 is 0.